The highest BCUT2D eigenvalue weighted by Crippen LogP contribution is 2.25. The van der Waals surface area contributed by atoms with Crippen LogP contribution in [0.3, 0.4) is 0 Å². The van der Waals surface area contributed by atoms with Crippen LogP contribution in [-0.4, -0.2) is 18.2 Å². The molecule has 80 valence electrons. The predicted molar refractivity (Wildman–Crippen MR) is 63.0 cm³/mol. The summed E-state index contributed by atoms with van der Waals surface area (Å²) in [5.74, 6) is 0.362. The molecule has 1 N–H and O–H groups in total. The topological polar surface area (TPSA) is 23.5 Å². The number of aromatic hydroxyl groups is 1. The molecule has 2 nitrogen and oxygen atoms in total. The lowest BCUT2D eigenvalue weighted by atomic mass is 10.2. The van der Waals surface area contributed by atoms with E-state index in [1.165, 1.54) is 0 Å². The molecule has 0 aliphatic carbocycles. The first-order valence-electron chi connectivity index (χ1n) is 5.32. The number of rotatable bonds is 3. The maximum Gasteiger partial charge on any atom is 0.138 e. The van der Waals surface area contributed by atoms with E-state index in [1.807, 2.05) is 32.0 Å². The van der Waals surface area contributed by atoms with Crippen LogP contribution in [0.15, 0.2) is 24.3 Å². The number of hydrogen-bond acceptors (Lipinski definition) is 2. The van der Waals surface area contributed by atoms with Crippen LogP contribution in [0.5, 0.6) is 5.75 Å². The van der Waals surface area contributed by atoms with E-state index in [2.05, 4.69) is 18.7 Å². The average molecular weight is 195 g/mol. The fourth-order valence-electron chi connectivity index (χ4n) is 1.30. The van der Waals surface area contributed by atoms with Crippen LogP contribution in [0.2, 0.25) is 0 Å². The van der Waals surface area contributed by atoms with Crippen molar-refractivity contribution in [1.29, 1.82) is 0 Å². The van der Waals surface area contributed by atoms with E-state index in [-0.39, 0.29) is 0 Å². The third kappa shape index (κ3) is 3.29. The first-order chi connectivity index (χ1) is 6.79. The fraction of sp³-hybridized carbons (Fsp3) is 0.500. The molecule has 0 aromatic heterocycles. The van der Waals surface area contributed by atoms with Gasteiger partial charge >= 0.3 is 0 Å². The first-order valence-corrected chi connectivity index (χ1v) is 5.32. The van der Waals surface area contributed by atoms with Gasteiger partial charge in [-0.1, -0.05) is 26.0 Å². The maximum absolute atomic E-state index is 9.50. The number of phenolic OH excluding ortho intramolecular Hbond substituents is 1. The molecule has 0 spiro atoms. The molecule has 0 fully saturated rings. The third-order valence-electron chi connectivity index (χ3n) is 1.99. The van der Waals surface area contributed by atoms with Crippen molar-refractivity contribution in [2.24, 2.45) is 0 Å². The van der Waals surface area contributed by atoms with Gasteiger partial charge in [-0.2, -0.15) is 0 Å². The molecule has 0 bridgehead atoms. The largest absolute Gasteiger partial charge is 0.506 e. The van der Waals surface area contributed by atoms with E-state index in [0.29, 0.717) is 5.75 Å². The zero-order valence-corrected chi connectivity index (χ0v) is 9.62. The number of para-hydroxylation sites is 2. The Kier molecular flexibility index (Phi) is 6.63. The summed E-state index contributed by atoms with van der Waals surface area (Å²) in [4.78, 5) is 2.12. The van der Waals surface area contributed by atoms with Gasteiger partial charge in [-0.3, -0.25) is 0 Å². The standard InChI is InChI=1S/C10H15NO.C2H6/c1-3-11(4-2)9-7-5-6-8-10(9)12;1-2/h5-8,12H,3-4H2,1-2H3;1-2H3. The van der Waals surface area contributed by atoms with Crippen LogP contribution < -0.4 is 4.90 Å². The second kappa shape index (κ2) is 7.25. The van der Waals surface area contributed by atoms with E-state index >= 15 is 0 Å². The highest BCUT2D eigenvalue weighted by Gasteiger charge is 2.04. The van der Waals surface area contributed by atoms with Crippen LogP contribution in [0.4, 0.5) is 5.69 Å². The minimum Gasteiger partial charge on any atom is -0.506 e. The summed E-state index contributed by atoms with van der Waals surface area (Å²) in [6.45, 7) is 10.0. The molecule has 0 atom stereocenters. The number of anilines is 1. The summed E-state index contributed by atoms with van der Waals surface area (Å²) in [5, 5.41) is 9.50. The molecule has 0 radical (unpaired) electrons. The lowest BCUT2D eigenvalue weighted by molar-refractivity contribution is 0.474. The molecule has 14 heavy (non-hydrogen) atoms. The molecular weight excluding hydrogens is 174 g/mol. The van der Waals surface area contributed by atoms with Gasteiger partial charge in [-0.15, -0.1) is 0 Å². The van der Waals surface area contributed by atoms with Crippen molar-refractivity contribution in [3.63, 3.8) is 0 Å². The van der Waals surface area contributed by atoms with Crippen molar-refractivity contribution < 1.29 is 5.11 Å². The SMILES string of the molecule is CC.CCN(CC)c1ccccc1O. The molecule has 0 aliphatic rings. The minimum absolute atomic E-state index is 0.362. The van der Waals surface area contributed by atoms with Gasteiger partial charge in [-0.25, -0.2) is 0 Å². The molecule has 0 heterocycles. The van der Waals surface area contributed by atoms with Crippen molar-refractivity contribution in [2.45, 2.75) is 27.7 Å². The monoisotopic (exact) mass is 195 g/mol. The van der Waals surface area contributed by atoms with Crippen LogP contribution in [0, 0.1) is 0 Å². The summed E-state index contributed by atoms with van der Waals surface area (Å²) >= 11 is 0. The Morgan fingerprint density at radius 2 is 1.57 bits per heavy atom. The molecule has 1 rings (SSSR count). The smallest absolute Gasteiger partial charge is 0.138 e. The van der Waals surface area contributed by atoms with Gasteiger partial charge in [0.25, 0.3) is 0 Å². The number of nitrogens with zero attached hydrogens (tertiary/aromatic N) is 1. The van der Waals surface area contributed by atoms with Crippen molar-refractivity contribution in [1.82, 2.24) is 0 Å². The molecule has 2 heteroatoms. The number of benzene rings is 1. The zero-order valence-electron chi connectivity index (χ0n) is 9.62. The predicted octanol–water partition coefficient (Wildman–Crippen LogP) is 3.26. The van der Waals surface area contributed by atoms with E-state index in [0.717, 1.165) is 18.8 Å². The molecule has 1 aromatic rings. The minimum atomic E-state index is 0.362. The Morgan fingerprint density at radius 1 is 1.07 bits per heavy atom. The van der Waals surface area contributed by atoms with E-state index < -0.39 is 0 Å². The van der Waals surface area contributed by atoms with Gasteiger partial charge in [0.05, 0.1) is 5.69 Å². The lowest BCUT2D eigenvalue weighted by Crippen LogP contribution is -2.21. The quantitative estimate of drug-likeness (QED) is 0.800. The lowest BCUT2D eigenvalue weighted by Gasteiger charge is -2.21. The van der Waals surface area contributed by atoms with Gasteiger partial charge in [-0.05, 0) is 26.0 Å². The average Bonchev–Trinajstić information content (AvgIpc) is 2.25. The zero-order chi connectivity index (χ0) is 11.0. The maximum atomic E-state index is 9.50. The van der Waals surface area contributed by atoms with Gasteiger partial charge in [0.2, 0.25) is 0 Å². The molecule has 0 saturated carbocycles. The van der Waals surface area contributed by atoms with Crippen LogP contribution >= 0.6 is 0 Å². The molecule has 0 unspecified atom stereocenters. The Morgan fingerprint density at radius 3 is 2.00 bits per heavy atom. The summed E-state index contributed by atoms with van der Waals surface area (Å²) in [5.41, 5.74) is 0.919. The van der Waals surface area contributed by atoms with E-state index in [4.69, 9.17) is 0 Å². The van der Waals surface area contributed by atoms with Crippen molar-refractivity contribution in [3.8, 4) is 5.75 Å². The Balaban J connectivity index is 0.000000791. The van der Waals surface area contributed by atoms with Crippen LogP contribution in [0.1, 0.15) is 27.7 Å². The third-order valence-corrected chi connectivity index (χ3v) is 1.99. The van der Waals surface area contributed by atoms with E-state index in [9.17, 15) is 5.11 Å². The normalized spacial score (nSPS) is 8.86. The second-order valence-electron chi connectivity index (χ2n) is 2.66. The molecule has 0 saturated heterocycles. The molecular formula is C12H21NO. The molecule has 0 aliphatic heterocycles. The fourth-order valence-corrected chi connectivity index (χ4v) is 1.30. The highest BCUT2D eigenvalue weighted by molar-refractivity contribution is 5.57. The summed E-state index contributed by atoms with van der Waals surface area (Å²) in [7, 11) is 0. The molecule has 1 aromatic carbocycles. The Labute approximate surface area is 87.2 Å². The van der Waals surface area contributed by atoms with Crippen molar-refractivity contribution in [3.05, 3.63) is 24.3 Å². The molecule has 0 amide bonds. The van der Waals surface area contributed by atoms with Crippen molar-refractivity contribution >= 4 is 5.69 Å². The van der Waals surface area contributed by atoms with Gasteiger partial charge < -0.3 is 10.0 Å². The van der Waals surface area contributed by atoms with Crippen molar-refractivity contribution in [2.75, 3.05) is 18.0 Å². The van der Waals surface area contributed by atoms with Gasteiger partial charge in [0, 0.05) is 13.1 Å². The number of phenols is 1. The van der Waals surface area contributed by atoms with Gasteiger partial charge in [0.1, 0.15) is 5.75 Å². The number of hydrogen-bond donors (Lipinski definition) is 1. The first kappa shape index (κ1) is 12.8. The second-order valence-corrected chi connectivity index (χ2v) is 2.66. The summed E-state index contributed by atoms with van der Waals surface area (Å²) < 4.78 is 0. The highest BCUT2D eigenvalue weighted by atomic mass is 16.3. The summed E-state index contributed by atoms with van der Waals surface area (Å²) in [6, 6.07) is 7.42. The Hall–Kier alpha value is -1.18. The van der Waals surface area contributed by atoms with E-state index in [1.54, 1.807) is 6.07 Å². The van der Waals surface area contributed by atoms with Crippen LogP contribution in [-0.2, 0) is 0 Å². The summed E-state index contributed by atoms with van der Waals surface area (Å²) in [6.07, 6.45) is 0. The van der Waals surface area contributed by atoms with Gasteiger partial charge in [0.15, 0.2) is 0 Å². The Bertz CT molecular complexity index is 244. The van der Waals surface area contributed by atoms with Crippen LogP contribution in [0.25, 0.3) is 0 Å².